The molecule has 0 aliphatic carbocycles. The van der Waals surface area contributed by atoms with Crippen LogP contribution in [0.4, 0.5) is 8.78 Å². The predicted molar refractivity (Wildman–Crippen MR) is 86.7 cm³/mol. The van der Waals surface area contributed by atoms with Gasteiger partial charge in [0.2, 0.25) is 0 Å². The molecule has 1 aromatic carbocycles. The molecule has 2 heterocycles. The van der Waals surface area contributed by atoms with Gasteiger partial charge in [-0.05, 0) is 50.9 Å². The predicted octanol–water partition coefficient (Wildman–Crippen LogP) is 2.28. The monoisotopic (exact) mass is 338 g/mol. The van der Waals surface area contributed by atoms with E-state index >= 15 is 0 Å². The molecule has 132 valence electrons. The number of amides is 1. The average molecular weight is 338 g/mol. The number of hydrogen-bond acceptors (Lipinski definition) is 3. The number of hydrogen-bond donors (Lipinski definition) is 1. The van der Waals surface area contributed by atoms with Gasteiger partial charge < -0.3 is 14.9 Å². The summed E-state index contributed by atoms with van der Waals surface area (Å²) in [5, 5.41) is 9.88. The lowest BCUT2D eigenvalue weighted by atomic mass is 9.78. The van der Waals surface area contributed by atoms with Gasteiger partial charge in [0, 0.05) is 25.0 Å². The van der Waals surface area contributed by atoms with Crippen molar-refractivity contribution in [3.63, 3.8) is 0 Å². The number of piperidine rings is 1. The SMILES string of the molecule is O=C(c1cccc(F)c1F)N1CCC(CO)(CN2CCCC2)CC1. The lowest BCUT2D eigenvalue weighted by Crippen LogP contribution is -2.49. The summed E-state index contributed by atoms with van der Waals surface area (Å²) >= 11 is 0. The first kappa shape index (κ1) is 17.3. The smallest absolute Gasteiger partial charge is 0.256 e. The van der Waals surface area contributed by atoms with Crippen molar-refractivity contribution >= 4 is 5.91 Å². The van der Waals surface area contributed by atoms with E-state index in [0.717, 1.165) is 25.7 Å². The fraction of sp³-hybridized carbons (Fsp3) is 0.611. The number of carbonyl (C=O) groups excluding carboxylic acids is 1. The topological polar surface area (TPSA) is 43.8 Å². The van der Waals surface area contributed by atoms with Crippen LogP contribution < -0.4 is 0 Å². The highest BCUT2D eigenvalue weighted by atomic mass is 19.2. The molecule has 1 amide bonds. The van der Waals surface area contributed by atoms with Crippen LogP contribution in [0.25, 0.3) is 0 Å². The first-order valence-corrected chi connectivity index (χ1v) is 8.61. The molecule has 6 heteroatoms. The normalized spacial score (nSPS) is 21.2. The van der Waals surface area contributed by atoms with Crippen molar-refractivity contribution in [2.45, 2.75) is 25.7 Å². The number of likely N-dealkylation sites (tertiary alicyclic amines) is 2. The molecule has 0 bridgehead atoms. The molecular formula is C18H24F2N2O2. The maximum Gasteiger partial charge on any atom is 0.256 e. The van der Waals surface area contributed by atoms with E-state index in [-0.39, 0.29) is 17.6 Å². The Kier molecular flexibility index (Phi) is 5.15. The van der Waals surface area contributed by atoms with Crippen LogP contribution in [0, 0.1) is 17.0 Å². The van der Waals surface area contributed by atoms with Crippen LogP contribution >= 0.6 is 0 Å². The third-order valence-electron chi connectivity index (χ3n) is 5.39. The second-order valence-electron chi connectivity index (χ2n) is 7.03. The molecule has 0 saturated carbocycles. The van der Waals surface area contributed by atoms with Crippen LogP contribution in [-0.4, -0.2) is 60.1 Å². The molecule has 1 N–H and O–H groups in total. The van der Waals surface area contributed by atoms with Crippen LogP contribution in [0.5, 0.6) is 0 Å². The Bertz CT molecular complexity index is 595. The molecule has 2 aliphatic rings. The van der Waals surface area contributed by atoms with Crippen LogP contribution in [0.2, 0.25) is 0 Å². The van der Waals surface area contributed by atoms with E-state index in [1.165, 1.54) is 25.0 Å². The zero-order chi connectivity index (χ0) is 17.2. The van der Waals surface area contributed by atoms with Crippen LogP contribution in [0.1, 0.15) is 36.0 Å². The van der Waals surface area contributed by atoms with Gasteiger partial charge in [-0.1, -0.05) is 6.07 Å². The van der Waals surface area contributed by atoms with Gasteiger partial charge in [0.05, 0.1) is 12.2 Å². The summed E-state index contributed by atoms with van der Waals surface area (Å²) in [6.45, 7) is 4.00. The number of aliphatic hydroxyl groups excluding tert-OH is 1. The number of rotatable bonds is 4. The summed E-state index contributed by atoms with van der Waals surface area (Å²) < 4.78 is 27.2. The van der Waals surface area contributed by atoms with Gasteiger partial charge in [-0.2, -0.15) is 0 Å². The summed E-state index contributed by atoms with van der Waals surface area (Å²) in [6, 6.07) is 3.68. The quantitative estimate of drug-likeness (QED) is 0.916. The van der Waals surface area contributed by atoms with Gasteiger partial charge in [-0.3, -0.25) is 4.79 Å². The highest BCUT2D eigenvalue weighted by Crippen LogP contribution is 2.33. The number of benzene rings is 1. The molecule has 4 nitrogen and oxygen atoms in total. The standard InChI is InChI=1S/C18H24F2N2O2/c19-15-5-3-4-14(16(15)20)17(24)22-10-6-18(13-23,7-11-22)12-21-8-1-2-9-21/h3-5,23H,1-2,6-13H2. The molecule has 0 spiro atoms. The Morgan fingerprint density at radius 3 is 2.42 bits per heavy atom. The van der Waals surface area contributed by atoms with E-state index in [2.05, 4.69) is 4.90 Å². The summed E-state index contributed by atoms with van der Waals surface area (Å²) in [7, 11) is 0. The Morgan fingerprint density at radius 2 is 1.79 bits per heavy atom. The Balaban J connectivity index is 1.65. The largest absolute Gasteiger partial charge is 0.396 e. The molecule has 2 aliphatic heterocycles. The third kappa shape index (κ3) is 3.44. The van der Waals surface area contributed by atoms with Crippen molar-refractivity contribution in [3.05, 3.63) is 35.4 Å². The molecule has 0 aromatic heterocycles. The number of halogens is 2. The maximum atomic E-state index is 13.8. The minimum atomic E-state index is -1.08. The van der Waals surface area contributed by atoms with E-state index in [0.29, 0.717) is 25.9 Å². The van der Waals surface area contributed by atoms with E-state index < -0.39 is 17.5 Å². The van der Waals surface area contributed by atoms with Gasteiger partial charge in [0.25, 0.3) is 5.91 Å². The Labute approximate surface area is 141 Å². The Morgan fingerprint density at radius 1 is 1.12 bits per heavy atom. The van der Waals surface area contributed by atoms with Crippen molar-refractivity contribution in [1.29, 1.82) is 0 Å². The van der Waals surface area contributed by atoms with Crippen molar-refractivity contribution in [2.24, 2.45) is 5.41 Å². The minimum absolute atomic E-state index is 0.0971. The molecule has 1 aromatic rings. The second-order valence-corrected chi connectivity index (χ2v) is 7.03. The van der Waals surface area contributed by atoms with E-state index in [4.69, 9.17) is 0 Å². The highest BCUT2D eigenvalue weighted by Gasteiger charge is 2.38. The van der Waals surface area contributed by atoms with Crippen LogP contribution in [-0.2, 0) is 0 Å². The molecule has 3 rings (SSSR count). The van der Waals surface area contributed by atoms with E-state index in [1.807, 2.05) is 0 Å². The minimum Gasteiger partial charge on any atom is -0.396 e. The van der Waals surface area contributed by atoms with Gasteiger partial charge in [0.15, 0.2) is 11.6 Å². The summed E-state index contributed by atoms with van der Waals surface area (Å²) in [6.07, 6.45) is 3.77. The summed E-state index contributed by atoms with van der Waals surface area (Å²) in [5.41, 5.74) is -0.409. The third-order valence-corrected chi connectivity index (χ3v) is 5.39. The summed E-state index contributed by atoms with van der Waals surface area (Å²) in [4.78, 5) is 16.4. The fourth-order valence-electron chi connectivity index (χ4n) is 3.80. The highest BCUT2D eigenvalue weighted by molar-refractivity contribution is 5.94. The van der Waals surface area contributed by atoms with E-state index in [1.54, 1.807) is 4.90 Å². The van der Waals surface area contributed by atoms with Crippen LogP contribution in [0.15, 0.2) is 18.2 Å². The van der Waals surface area contributed by atoms with Crippen molar-refractivity contribution in [2.75, 3.05) is 39.3 Å². The zero-order valence-corrected chi connectivity index (χ0v) is 13.8. The lowest BCUT2D eigenvalue weighted by Gasteiger charge is -2.42. The van der Waals surface area contributed by atoms with Crippen molar-refractivity contribution in [1.82, 2.24) is 9.80 Å². The number of nitrogens with zero attached hydrogens (tertiary/aromatic N) is 2. The van der Waals surface area contributed by atoms with Gasteiger partial charge in [-0.25, -0.2) is 8.78 Å². The molecule has 0 unspecified atom stereocenters. The number of carbonyl (C=O) groups is 1. The molecule has 24 heavy (non-hydrogen) atoms. The first-order valence-electron chi connectivity index (χ1n) is 8.61. The Hall–Kier alpha value is -1.53. The maximum absolute atomic E-state index is 13.8. The fourth-order valence-corrected chi connectivity index (χ4v) is 3.80. The van der Waals surface area contributed by atoms with Gasteiger partial charge in [-0.15, -0.1) is 0 Å². The molecular weight excluding hydrogens is 314 g/mol. The molecule has 2 saturated heterocycles. The summed E-state index contributed by atoms with van der Waals surface area (Å²) in [5.74, 6) is -2.56. The zero-order valence-electron chi connectivity index (χ0n) is 13.8. The van der Waals surface area contributed by atoms with Gasteiger partial charge in [0.1, 0.15) is 0 Å². The number of aliphatic hydroxyl groups is 1. The lowest BCUT2D eigenvalue weighted by molar-refractivity contribution is 0.0177. The van der Waals surface area contributed by atoms with Crippen molar-refractivity contribution in [3.8, 4) is 0 Å². The first-order chi connectivity index (χ1) is 11.5. The molecule has 0 radical (unpaired) electrons. The average Bonchev–Trinajstić information content (AvgIpc) is 3.10. The molecule has 0 atom stereocenters. The second kappa shape index (κ2) is 7.15. The van der Waals surface area contributed by atoms with E-state index in [9.17, 15) is 18.7 Å². The van der Waals surface area contributed by atoms with Crippen molar-refractivity contribution < 1.29 is 18.7 Å². The van der Waals surface area contributed by atoms with Gasteiger partial charge >= 0.3 is 0 Å². The van der Waals surface area contributed by atoms with Crippen LogP contribution in [0.3, 0.4) is 0 Å². The molecule has 2 fully saturated rings.